The van der Waals surface area contributed by atoms with E-state index in [-0.39, 0.29) is 5.78 Å². The molecule has 0 saturated carbocycles. The Bertz CT molecular complexity index is 757. The number of benzene rings is 2. The van der Waals surface area contributed by atoms with Gasteiger partial charge in [0.2, 0.25) is 0 Å². The third-order valence-electron chi connectivity index (χ3n) is 4.94. The number of halogens is 1. The summed E-state index contributed by atoms with van der Waals surface area (Å²) in [5, 5.41) is 0.853. The summed E-state index contributed by atoms with van der Waals surface area (Å²) in [6, 6.07) is 15.5. The first-order valence-electron chi connectivity index (χ1n) is 9.54. The van der Waals surface area contributed by atoms with Crippen molar-refractivity contribution < 1.29 is 9.53 Å². The summed E-state index contributed by atoms with van der Waals surface area (Å²) in [5.74, 6) is 0.836. The molecule has 27 heavy (non-hydrogen) atoms. The number of ketones is 1. The Morgan fingerprint density at radius 1 is 1.04 bits per heavy atom. The molecule has 1 heterocycles. The maximum Gasteiger partial charge on any atom is 0.159 e. The van der Waals surface area contributed by atoms with E-state index in [1.807, 2.05) is 42.5 Å². The van der Waals surface area contributed by atoms with Crippen molar-refractivity contribution in [2.75, 3.05) is 39.3 Å². The van der Waals surface area contributed by atoms with E-state index in [2.05, 4.69) is 15.9 Å². The van der Waals surface area contributed by atoms with Crippen LogP contribution in [0, 0.1) is 0 Å². The molecule has 0 N–H and O–H groups in total. The SMILES string of the molecule is CC(=O)c1cccc(OCCCN2CCN(Cc3ccccc3Cl)CC2)c1. The van der Waals surface area contributed by atoms with E-state index in [0.717, 1.165) is 56.5 Å². The van der Waals surface area contributed by atoms with Crippen LogP contribution in [0.15, 0.2) is 48.5 Å². The van der Waals surface area contributed by atoms with Crippen LogP contribution in [0.25, 0.3) is 0 Å². The van der Waals surface area contributed by atoms with Crippen LogP contribution < -0.4 is 4.74 Å². The van der Waals surface area contributed by atoms with Crippen molar-refractivity contribution in [1.29, 1.82) is 0 Å². The number of ether oxygens (including phenoxy) is 1. The van der Waals surface area contributed by atoms with Gasteiger partial charge in [-0.3, -0.25) is 9.69 Å². The van der Waals surface area contributed by atoms with E-state index in [1.54, 1.807) is 6.92 Å². The van der Waals surface area contributed by atoms with Crippen LogP contribution in [-0.2, 0) is 6.54 Å². The summed E-state index contributed by atoms with van der Waals surface area (Å²) in [6.45, 7) is 8.47. The smallest absolute Gasteiger partial charge is 0.159 e. The Morgan fingerprint density at radius 2 is 1.78 bits per heavy atom. The Kier molecular flexibility index (Phi) is 7.27. The van der Waals surface area contributed by atoms with Crippen LogP contribution in [-0.4, -0.2) is 54.9 Å². The third kappa shape index (κ3) is 6.06. The second-order valence-electron chi connectivity index (χ2n) is 7.00. The molecule has 0 amide bonds. The normalized spacial score (nSPS) is 15.6. The highest BCUT2D eigenvalue weighted by atomic mass is 35.5. The molecule has 0 atom stereocenters. The van der Waals surface area contributed by atoms with E-state index >= 15 is 0 Å². The van der Waals surface area contributed by atoms with Gasteiger partial charge in [0.1, 0.15) is 5.75 Å². The summed E-state index contributed by atoms with van der Waals surface area (Å²) < 4.78 is 5.80. The number of carbonyl (C=O) groups is 1. The highest BCUT2D eigenvalue weighted by molar-refractivity contribution is 6.31. The molecule has 1 aliphatic heterocycles. The van der Waals surface area contributed by atoms with Crippen LogP contribution in [0.5, 0.6) is 5.75 Å². The molecule has 2 aromatic carbocycles. The molecule has 4 nitrogen and oxygen atoms in total. The standard InChI is InChI=1S/C22H27ClN2O2/c1-18(26)19-7-4-8-21(16-19)27-15-5-10-24-11-13-25(14-12-24)17-20-6-2-3-9-22(20)23/h2-4,6-9,16H,5,10-15,17H2,1H3. The van der Waals surface area contributed by atoms with Crippen molar-refractivity contribution in [1.82, 2.24) is 9.80 Å². The van der Waals surface area contributed by atoms with Gasteiger partial charge in [0.25, 0.3) is 0 Å². The molecular formula is C22H27ClN2O2. The van der Waals surface area contributed by atoms with Gasteiger partial charge in [-0.1, -0.05) is 41.9 Å². The van der Waals surface area contributed by atoms with Crippen LogP contribution in [0.2, 0.25) is 5.02 Å². The predicted octanol–water partition coefficient (Wildman–Crippen LogP) is 4.13. The molecule has 5 heteroatoms. The lowest BCUT2D eigenvalue weighted by Gasteiger charge is -2.34. The number of hydrogen-bond acceptors (Lipinski definition) is 4. The summed E-state index contributed by atoms with van der Waals surface area (Å²) in [6.07, 6.45) is 0.981. The minimum Gasteiger partial charge on any atom is -0.494 e. The number of nitrogens with zero attached hydrogens (tertiary/aromatic N) is 2. The van der Waals surface area contributed by atoms with Crippen molar-refractivity contribution in [2.24, 2.45) is 0 Å². The van der Waals surface area contributed by atoms with Crippen molar-refractivity contribution in [3.63, 3.8) is 0 Å². The summed E-state index contributed by atoms with van der Waals surface area (Å²) >= 11 is 6.26. The highest BCUT2D eigenvalue weighted by Crippen LogP contribution is 2.18. The molecule has 0 radical (unpaired) electrons. The van der Waals surface area contributed by atoms with Gasteiger partial charge in [0.05, 0.1) is 6.61 Å². The number of rotatable bonds is 8. The first-order chi connectivity index (χ1) is 13.1. The van der Waals surface area contributed by atoms with Crippen LogP contribution in [0.4, 0.5) is 0 Å². The largest absolute Gasteiger partial charge is 0.494 e. The fraction of sp³-hybridized carbons (Fsp3) is 0.409. The maximum absolute atomic E-state index is 11.4. The van der Waals surface area contributed by atoms with Crippen molar-refractivity contribution in [2.45, 2.75) is 19.9 Å². The van der Waals surface area contributed by atoms with Gasteiger partial charge in [-0.25, -0.2) is 0 Å². The molecular weight excluding hydrogens is 360 g/mol. The Labute approximate surface area is 166 Å². The zero-order valence-corrected chi connectivity index (χ0v) is 16.6. The minimum atomic E-state index is 0.0649. The summed E-state index contributed by atoms with van der Waals surface area (Å²) in [5.41, 5.74) is 1.90. The first kappa shape index (κ1) is 19.9. The Morgan fingerprint density at radius 3 is 2.52 bits per heavy atom. The Hall–Kier alpha value is -1.88. The molecule has 144 valence electrons. The fourth-order valence-electron chi connectivity index (χ4n) is 3.32. The summed E-state index contributed by atoms with van der Waals surface area (Å²) in [7, 11) is 0. The van der Waals surface area contributed by atoms with Gasteiger partial charge in [0, 0.05) is 49.9 Å². The van der Waals surface area contributed by atoms with Gasteiger partial charge in [-0.2, -0.15) is 0 Å². The molecule has 3 rings (SSSR count). The second kappa shape index (κ2) is 9.88. The van der Waals surface area contributed by atoms with Crippen molar-refractivity contribution >= 4 is 17.4 Å². The minimum absolute atomic E-state index is 0.0649. The predicted molar refractivity (Wildman–Crippen MR) is 110 cm³/mol. The van der Waals surface area contributed by atoms with Gasteiger partial charge >= 0.3 is 0 Å². The number of piperazine rings is 1. The van der Waals surface area contributed by atoms with Gasteiger partial charge in [0.15, 0.2) is 5.78 Å². The fourth-order valence-corrected chi connectivity index (χ4v) is 3.52. The van der Waals surface area contributed by atoms with Gasteiger partial charge in [-0.05, 0) is 37.1 Å². The monoisotopic (exact) mass is 386 g/mol. The van der Waals surface area contributed by atoms with E-state index in [4.69, 9.17) is 16.3 Å². The van der Waals surface area contributed by atoms with Crippen LogP contribution in [0.3, 0.4) is 0 Å². The molecule has 1 fully saturated rings. The first-order valence-corrected chi connectivity index (χ1v) is 9.91. The lowest BCUT2D eigenvalue weighted by molar-refractivity contribution is 0.101. The molecule has 0 unspecified atom stereocenters. The van der Waals surface area contributed by atoms with E-state index in [1.165, 1.54) is 5.56 Å². The number of Topliss-reactive ketones (excluding diaryl/α,β-unsaturated/α-hetero) is 1. The zero-order chi connectivity index (χ0) is 19.1. The molecule has 2 aromatic rings. The molecule has 1 aliphatic rings. The van der Waals surface area contributed by atoms with E-state index < -0.39 is 0 Å². The van der Waals surface area contributed by atoms with Gasteiger partial charge < -0.3 is 9.64 Å². The molecule has 0 aromatic heterocycles. The van der Waals surface area contributed by atoms with Crippen molar-refractivity contribution in [3.8, 4) is 5.75 Å². The lowest BCUT2D eigenvalue weighted by Crippen LogP contribution is -2.46. The van der Waals surface area contributed by atoms with Crippen molar-refractivity contribution in [3.05, 3.63) is 64.7 Å². The molecule has 0 spiro atoms. The summed E-state index contributed by atoms with van der Waals surface area (Å²) in [4.78, 5) is 16.4. The van der Waals surface area contributed by atoms with Crippen LogP contribution >= 0.6 is 11.6 Å². The second-order valence-corrected chi connectivity index (χ2v) is 7.40. The maximum atomic E-state index is 11.4. The third-order valence-corrected chi connectivity index (χ3v) is 5.31. The average Bonchev–Trinajstić information content (AvgIpc) is 2.68. The Balaban J connectivity index is 1.35. The quantitative estimate of drug-likeness (QED) is 0.504. The average molecular weight is 387 g/mol. The molecule has 1 saturated heterocycles. The van der Waals surface area contributed by atoms with Gasteiger partial charge in [-0.15, -0.1) is 0 Å². The van der Waals surface area contributed by atoms with E-state index in [9.17, 15) is 4.79 Å². The number of carbonyl (C=O) groups excluding carboxylic acids is 1. The topological polar surface area (TPSA) is 32.8 Å². The molecule has 0 aliphatic carbocycles. The van der Waals surface area contributed by atoms with E-state index in [0.29, 0.717) is 12.2 Å². The zero-order valence-electron chi connectivity index (χ0n) is 15.9. The number of hydrogen-bond donors (Lipinski definition) is 0. The van der Waals surface area contributed by atoms with Crippen LogP contribution in [0.1, 0.15) is 29.3 Å². The lowest BCUT2D eigenvalue weighted by atomic mass is 10.1. The molecule has 0 bridgehead atoms. The highest BCUT2D eigenvalue weighted by Gasteiger charge is 2.17.